The second kappa shape index (κ2) is 3.53. The predicted molar refractivity (Wildman–Crippen MR) is 44.8 cm³/mol. The second-order valence-corrected chi connectivity index (χ2v) is 2.41. The maximum atomic E-state index is 10.6. The number of carbonyl (C=O) groups is 1. The molecule has 0 unspecified atom stereocenters. The molecule has 0 aliphatic rings. The van der Waals surface area contributed by atoms with Crippen molar-refractivity contribution in [2.75, 3.05) is 0 Å². The van der Waals surface area contributed by atoms with Crippen LogP contribution in [0.25, 0.3) is 0 Å². The van der Waals surface area contributed by atoms with Crippen molar-refractivity contribution in [3.63, 3.8) is 0 Å². The second-order valence-electron chi connectivity index (χ2n) is 2.41. The van der Waals surface area contributed by atoms with E-state index in [1.807, 2.05) is 0 Å². The van der Waals surface area contributed by atoms with Gasteiger partial charge in [-0.1, -0.05) is 0 Å². The Kier molecular flexibility index (Phi) is 2.44. The zero-order valence-corrected chi connectivity index (χ0v) is 6.80. The van der Waals surface area contributed by atoms with E-state index in [0.717, 1.165) is 12.1 Å². The third-order valence-corrected chi connectivity index (χ3v) is 1.55. The van der Waals surface area contributed by atoms with Crippen LogP contribution in [0.5, 0.6) is 0 Å². The van der Waals surface area contributed by atoms with Crippen LogP contribution in [0.1, 0.15) is 15.9 Å². The normalized spacial score (nSPS) is 9.07. The van der Waals surface area contributed by atoms with Gasteiger partial charge in [0, 0.05) is 6.07 Å². The number of nitro benzene ring substituents is 1. The van der Waals surface area contributed by atoms with E-state index < -0.39 is 22.1 Å². The number of nitrogens with zero attached hydrogens (tertiary/aromatic N) is 2. The van der Waals surface area contributed by atoms with Gasteiger partial charge in [0.2, 0.25) is 0 Å². The van der Waals surface area contributed by atoms with Crippen molar-refractivity contribution < 1.29 is 14.8 Å². The van der Waals surface area contributed by atoms with E-state index >= 15 is 0 Å². The highest BCUT2D eigenvalue weighted by Gasteiger charge is 2.19. The van der Waals surface area contributed by atoms with Gasteiger partial charge in [-0.15, -0.1) is 0 Å². The van der Waals surface area contributed by atoms with Gasteiger partial charge in [-0.05, 0) is 12.1 Å². The Bertz CT molecular complexity index is 447. The maximum Gasteiger partial charge on any atom is 0.342 e. The maximum absolute atomic E-state index is 10.6. The molecule has 0 aromatic heterocycles. The summed E-state index contributed by atoms with van der Waals surface area (Å²) in [6.07, 6.45) is 0. The quantitative estimate of drug-likeness (QED) is 0.559. The Hall–Kier alpha value is -2.42. The standard InChI is InChI=1S/C8H4N2O4/c9-4-5-1-2-7(10(13)14)6(3-5)8(11)12/h1-3H,(H,11,12). The first-order chi connectivity index (χ1) is 6.56. The van der Waals surface area contributed by atoms with Crippen molar-refractivity contribution in [2.24, 2.45) is 0 Å². The van der Waals surface area contributed by atoms with Gasteiger partial charge in [0.1, 0.15) is 5.56 Å². The number of nitriles is 1. The van der Waals surface area contributed by atoms with Gasteiger partial charge in [0.15, 0.2) is 0 Å². The Morgan fingerprint density at radius 3 is 2.64 bits per heavy atom. The lowest BCUT2D eigenvalue weighted by Crippen LogP contribution is -2.02. The fourth-order valence-electron chi connectivity index (χ4n) is 0.936. The molecule has 1 rings (SSSR count). The van der Waals surface area contributed by atoms with Crippen molar-refractivity contribution >= 4 is 11.7 Å². The molecule has 14 heavy (non-hydrogen) atoms. The summed E-state index contributed by atoms with van der Waals surface area (Å²) >= 11 is 0. The van der Waals surface area contributed by atoms with E-state index in [1.165, 1.54) is 6.07 Å². The van der Waals surface area contributed by atoms with Gasteiger partial charge >= 0.3 is 5.97 Å². The number of aromatic carboxylic acids is 1. The summed E-state index contributed by atoms with van der Waals surface area (Å²) in [5.74, 6) is -1.42. The number of rotatable bonds is 2. The van der Waals surface area contributed by atoms with Crippen LogP contribution in [-0.4, -0.2) is 16.0 Å². The lowest BCUT2D eigenvalue weighted by molar-refractivity contribution is -0.385. The Labute approximate surface area is 78.2 Å². The summed E-state index contributed by atoms with van der Waals surface area (Å²) in [6, 6.07) is 4.88. The number of carboxylic acids is 1. The van der Waals surface area contributed by atoms with Crippen LogP contribution in [0.4, 0.5) is 5.69 Å². The van der Waals surface area contributed by atoms with Crippen molar-refractivity contribution in [1.82, 2.24) is 0 Å². The van der Waals surface area contributed by atoms with Gasteiger partial charge in [0.05, 0.1) is 16.6 Å². The third kappa shape index (κ3) is 1.67. The average molecular weight is 192 g/mol. The smallest absolute Gasteiger partial charge is 0.342 e. The van der Waals surface area contributed by atoms with Crippen LogP contribution in [0.3, 0.4) is 0 Å². The molecule has 0 aliphatic carbocycles. The van der Waals surface area contributed by atoms with Crippen LogP contribution in [0.15, 0.2) is 18.2 Å². The van der Waals surface area contributed by atoms with Gasteiger partial charge in [-0.3, -0.25) is 10.1 Å². The molecule has 6 heteroatoms. The SMILES string of the molecule is N#Cc1ccc([N+](=O)[O-])c(C(=O)O)c1. The minimum atomic E-state index is -1.42. The Balaban J connectivity index is 3.40. The summed E-state index contributed by atoms with van der Waals surface area (Å²) in [5.41, 5.74) is -0.918. The largest absolute Gasteiger partial charge is 0.477 e. The molecule has 70 valence electrons. The number of carboxylic acid groups (broad SMARTS) is 1. The molecule has 0 atom stereocenters. The molecule has 0 fully saturated rings. The first kappa shape index (κ1) is 9.67. The van der Waals surface area contributed by atoms with Crippen molar-refractivity contribution in [1.29, 1.82) is 5.26 Å². The van der Waals surface area contributed by atoms with Crippen LogP contribution in [0, 0.1) is 21.4 Å². The molecule has 6 nitrogen and oxygen atoms in total. The third-order valence-electron chi connectivity index (χ3n) is 1.55. The minimum absolute atomic E-state index is 0.0769. The topological polar surface area (TPSA) is 104 Å². The summed E-state index contributed by atoms with van der Waals surface area (Å²) in [4.78, 5) is 20.2. The van der Waals surface area contributed by atoms with E-state index in [2.05, 4.69) is 0 Å². The highest BCUT2D eigenvalue weighted by atomic mass is 16.6. The molecule has 0 aliphatic heterocycles. The predicted octanol–water partition coefficient (Wildman–Crippen LogP) is 1.16. The van der Waals surface area contributed by atoms with Crippen LogP contribution >= 0.6 is 0 Å². The van der Waals surface area contributed by atoms with Crippen LogP contribution in [-0.2, 0) is 0 Å². The molecular weight excluding hydrogens is 188 g/mol. The van der Waals surface area contributed by atoms with Gasteiger partial charge in [0.25, 0.3) is 5.69 Å². The number of hydrogen-bond acceptors (Lipinski definition) is 4. The van der Waals surface area contributed by atoms with E-state index in [4.69, 9.17) is 10.4 Å². The fourth-order valence-corrected chi connectivity index (χ4v) is 0.936. The zero-order valence-electron chi connectivity index (χ0n) is 6.80. The molecule has 0 saturated carbocycles. The fraction of sp³-hybridized carbons (Fsp3) is 0. The highest BCUT2D eigenvalue weighted by molar-refractivity contribution is 5.92. The molecule has 0 radical (unpaired) electrons. The lowest BCUT2D eigenvalue weighted by atomic mass is 10.1. The molecular formula is C8H4N2O4. The first-order valence-corrected chi connectivity index (χ1v) is 3.48. The zero-order chi connectivity index (χ0) is 10.7. The molecule has 0 amide bonds. The Morgan fingerprint density at radius 1 is 1.57 bits per heavy atom. The summed E-state index contributed by atoms with van der Waals surface area (Å²) in [5, 5.41) is 27.5. The molecule has 1 aromatic rings. The van der Waals surface area contributed by atoms with Crippen molar-refractivity contribution in [2.45, 2.75) is 0 Å². The average Bonchev–Trinajstić information content (AvgIpc) is 2.16. The van der Waals surface area contributed by atoms with Gasteiger partial charge in [-0.2, -0.15) is 5.26 Å². The molecule has 0 saturated heterocycles. The summed E-state index contributed by atoms with van der Waals surface area (Å²) < 4.78 is 0. The molecule has 0 spiro atoms. The Morgan fingerprint density at radius 2 is 2.21 bits per heavy atom. The van der Waals surface area contributed by atoms with Crippen LogP contribution in [0.2, 0.25) is 0 Å². The molecule has 0 bridgehead atoms. The molecule has 0 heterocycles. The van der Waals surface area contributed by atoms with E-state index in [1.54, 1.807) is 6.07 Å². The lowest BCUT2D eigenvalue weighted by Gasteiger charge is -1.97. The van der Waals surface area contributed by atoms with E-state index in [-0.39, 0.29) is 5.56 Å². The highest BCUT2D eigenvalue weighted by Crippen LogP contribution is 2.19. The first-order valence-electron chi connectivity index (χ1n) is 3.48. The van der Waals surface area contributed by atoms with E-state index in [0.29, 0.717) is 0 Å². The monoisotopic (exact) mass is 192 g/mol. The number of nitro groups is 1. The van der Waals surface area contributed by atoms with Crippen LogP contribution < -0.4 is 0 Å². The summed E-state index contributed by atoms with van der Waals surface area (Å²) in [7, 11) is 0. The van der Waals surface area contributed by atoms with Gasteiger partial charge in [-0.25, -0.2) is 4.79 Å². The minimum Gasteiger partial charge on any atom is -0.477 e. The molecule has 1 aromatic carbocycles. The number of hydrogen-bond donors (Lipinski definition) is 1. The van der Waals surface area contributed by atoms with Crippen molar-refractivity contribution in [3.05, 3.63) is 39.4 Å². The van der Waals surface area contributed by atoms with Crippen molar-refractivity contribution in [3.8, 4) is 6.07 Å². The number of benzene rings is 1. The van der Waals surface area contributed by atoms with E-state index in [9.17, 15) is 14.9 Å². The molecule has 1 N–H and O–H groups in total. The summed E-state index contributed by atoms with van der Waals surface area (Å²) in [6.45, 7) is 0. The van der Waals surface area contributed by atoms with Gasteiger partial charge < -0.3 is 5.11 Å².